The van der Waals surface area contributed by atoms with E-state index >= 15 is 0 Å². The molecule has 152 valence electrons. The Hall–Kier alpha value is -2.61. The lowest BCUT2D eigenvalue weighted by Crippen LogP contribution is -2.30. The van der Waals surface area contributed by atoms with E-state index in [0.29, 0.717) is 21.7 Å². The van der Waals surface area contributed by atoms with Crippen molar-refractivity contribution in [2.45, 2.75) is 13.0 Å². The van der Waals surface area contributed by atoms with Crippen LogP contribution in [0.15, 0.2) is 47.8 Å². The summed E-state index contributed by atoms with van der Waals surface area (Å²) in [6.07, 6.45) is 0. The average molecular weight is 432 g/mol. The minimum absolute atomic E-state index is 0.0481. The van der Waals surface area contributed by atoms with Crippen molar-refractivity contribution in [3.05, 3.63) is 58.4 Å². The highest BCUT2D eigenvalue weighted by Crippen LogP contribution is 2.33. The summed E-state index contributed by atoms with van der Waals surface area (Å²) in [6, 6.07) is 13.1. The van der Waals surface area contributed by atoms with Gasteiger partial charge in [0.15, 0.2) is 16.6 Å². The number of methoxy groups -OCH3 is 2. The van der Waals surface area contributed by atoms with E-state index in [9.17, 15) is 4.79 Å². The van der Waals surface area contributed by atoms with Crippen LogP contribution in [0.25, 0.3) is 11.3 Å². The summed E-state index contributed by atoms with van der Waals surface area (Å²) in [4.78, 5) is 16.8. The first-order valence-corrected chi connectivity index (χ1v) is 10.2. The lowest BCUT2D eigenvalue weighted by atomic mass is 10.1. The van der Waals surface area contributed by atoms with Gasteiger partial charge in [0.2, 0.25) is 5.91 Å². The van der Waals surface area contributed by atoms with Crippen LogP contribution in [-0.2, 0) is 4.79 Å². The fourth-order valence-electron chi connectivity index (χ4n) is 2.80. The number of anilines is 1. The highest BCUT2D eigenvalue weighted by Gasteiger charge is 2.13. The predicted octanol–water partition coefficient (Wildman–Crippen LogP) is 4.77. The zero-order valence-electron chi connectivity index (χ0n) is 16.4. The lowest BCUT2D eigenvalue weighted by molar-refractivity contribution is -0.115. The van der Waals surface area contributed by atoms with Gasteiger partial charge in [-0.2, -0.15) is 0 Å². The molecule has 2 aromatic carbocycles. The van der Waals surface area contributed by atoms with Crippen LogP contribution in [0.2, 0.25) is 5.02 Å². The molecule has 3 aromatic rings. The van der Waals surface area contributed by atoms with Crippen molar-refractivity contribution >= 4 is 34.0 Å². The molecule has 0 saturated carbocycles. The number of nitrogens with one attached hydrogen (secondary N) is 2. The molecular formula is C21H22ClN3O3S. The maximum absolute atomic E-state index is 12.3. The van der Waals surface area contributed by atoms with Gasteiger partial charge >= 0.3 is 0 Å². The molecule has 0 saturated heterocycles. The monoisotopic (exact) mass is 431 g/mol. The van der Waals surface area contributed by atoms with Gasteiger partial charge in [-0.15, -0.1) is 11.3 Å². The Morgan fingerprint density at radius 3 is 2.66 bits per heavy atom. The zero-order chi connectivity index (χ0) is 20.8. The Labute approximate surface area is 178 Å². The van der Waals surface area contributed by atoms with Crippen LogP contribution in [0.1, 0.15) is 18.5 Å². The van der Waals surface area contributed by atoms with E-state index in [0.717, 1.165) is 16.8 Å². The molecule has 1 atom stereocenters. The number of hydrogen-bond acceptors (Lipinski definition) is 6. The third kappa shape index (κ3) is 5.26. The summed E-state index contributed by atoms with van der Waals surface area (Å²) in [6.45, 7) is 2.12. The fraction of sp³-hybridized carbons (Fsp3) is 0.238. The van der Waals surface area contributed by atoms with E-state index in [2.05, 4.69) is 15.6 Å². The number of halogens is 1. The normalized spacial score (nSPS) is 11.7. The number of aromatic nitrogens is 1. The van der Waals surface area contributed by atoms with Crippen LogP contribution in [0.3, 0.4) is 0 Å². The van der Waals surface area contributed by atoms with Gasteiger partial charge in [0.05, 0.1) is 26.5 Å². The van der Waals surface area contributed by atoms with E-state index < -0.39 is 0 Å². The van der Waals surface area contributed by atoms with Gasteiger partial charge in [0.1, 0.15) is 0 Å². The first-order valence-electron chi connectivity index (χ1n) is 8.97. The van der Waals surface area contributed by atoms with Gasteiger partial charge in [0, 0.05) is 22.0 Å². The van der Waals surface area contributed by atoms with Crippen molar-refractivity contribution in [2.24, 2.45) is 0 Å². The second kappa shape index (κ2) is 9.73. The molecule has 0 fully saturated rings. The molecule has 0 aliphatic carbocycles. The molecule has 0 aliphatic heterocycles. The number of carbonyl (C=O) groups is 1. The molecule has 1 heterocycles. The molecule has 1 amide bonds. The molecule has 8 heteroatoms. The molecule has 0 unspecified atom stereocenters. The quantitative estimate of drug-likeness (QED) is 0.537. The number of thiazole rings is 1. The Bertz CT molecular complexity index is 993. The van der Waals surface area contributed by atoms with Crippen molar-refractivity contribution < 1.29 is 14.3 Å². The first kappa shape index (κ1) is 21.1. The smallest absolute Gasteiger partial charge is 0.240 e. The van der Waals surface area contributed by atoms with Crippen LogP contribution < -0.4 is 20.1 Å². The van der Waals surface area contributed by atoms with E-state index in [1.807, 2.05) is 54.8 Å². The lowest BCUT2D eigenvalue weighted by Gasteiger charge is -2.15. The molecule has 3 rings (SSSR count). The zero-order valence-corrected chi connectivity index (χ0v) is 17.9. The van der Waals surface area contributed by atoms with Crippen LogP contribution in [0.4, 0.5) is 5.13 Å². The SMILES string of the molecule is COc1ccc(-c2csc(NC(=O)CN[C@H](C)c3ccccc3Cl)n2)cc1OC. The summed E-state index contributed by atoms with van der Waals surface area (Å²) in [7, 11) is 3.18. The summed E-state index contributed by atoms with van der Waals surface area (Å²) in [5.74, 6) is 1.11. The number of nitrogens with zero attached hydrogens (tertiary/aromatic N) is 1. The number of amides is 1. The number of ether oxygens (including phenoxy) is 2. The summed E-state index contributed by atoms with van der Waals surface area (Å²) < 4.78 is 10.6. The molecule has 0 spiro atoms. The summed E-state index contributed by atoms with van der Waals surface area (Å²) >= 11 is 7.57. The summed E-state index contributed by atoms with van der Waals surface area (Å²) in [5, 5.41) is 9.09. The molecule has 1 aromatic heterocycles. The van der Waals surface area contributed by atoms with Gasteiger partial charge in [-0.05, 0) is 36.8 Å². The van der Waals surface area contributed by atoms with Gasteiger partial charge in [-0.3, -0.25) is 4.79 Å². The molecule has 0 bridgehead atoms. The molecule has 0 aliphatic rings. The highest BCUT2D eigenvalue weighted by atomic mass is 35.5. The van der Waals surface area contributed by atoms with Crippen molar-refractivity contribution in [1.82, 2.24) is 10.3 Å². The van der Waals surface area contributed by atoms with Gasteiger partial charge in [-0.1, -0.05) is 29.8 Å². The topological polar surface area (TPSA) is 72.5 Å². The van der Waals surface area contributed by atoms with Crippen molar-refractivity contribution in [2.75, 3.05) is 26.1 Å². The van der Waals surface area contributed by atoms with Gasteiger partial charge in [0.25, 0.3) is 0 Å². The number of carbonyl (C=O) groups excluding carboxylic acids is 1. The average Bonchev–Trinajstić information content (AvgIpc) is 3.20. The second-order valence-corrected chi connectivity index (χ2v) is 7.55. The standard InChI is InChI=1S/C21H22ClN3O3S/c1-13(15-6-4-5-7-16(15)22)23-11-20(26)25-21-24-17(12-29-21)14-8-9-18(27-2)19(10-14)28-3/h4-10,12-13,23H,11H2,1-3H3,(H,24,25,26)/t13-/m1/s1. The molecule has 29 heavy (non-hydrogen) atoms. The van der Waals surface area contributed by atoms with Crippen LogP contribution in [0, 0.1) is 0 Å². The van der Waals surface area contributed by atoms with Crippen molar-refractivity contribution in [1.29, 1.82) is 0 Å². The number of hydrogen-bond donors (Lipinski definition) is 2. The number of benzene rings is 2. The highest BCUT2D eigenvalue weighted by molar-refractivity contribution is 7.14. The third-order valence-electron chi connectivity index (χ3n) is 4.37. The Morgan fingerprint density at radius 2 is 1.93 bits per heavy atom. The first-order chi connectivity index (χ1) is 14.0. The molecule has 6 nitrogen and oxygen atoms in total. The van der Waals surface area contributed by atoms with Crippen molar-refractivity contribution in [3.8, 4) is 22.8 Å². The Kier molecular flexibility index (Phi) is 7.09. The summed E-state index contributed by atoms with van der Waals surface area (Å²) in [5.41, 5.74) is 2.58. The van der Waals surface area contributed by atoms with E-state index in [-0.39, 0.29) is 18.5 Å². The van der Waals surface area contributed by atoms with E-state index in [4.69, 9.17) is 21.1 Å². The van der Waals surface area contributed by atoms with Crippen molar-refractivity contribution in [3.63, 3.8) is 0 Å². The van der Waals surface area contributed by atoms with Gasteiger partial charge in [-0.25, -0.2) is 4.98 Å². The van der Waals surface area contributed by atoms with E-state index in [1.54, 1.807) is 14.2 Å². The fourth-order valence-corrected chi connectivity index (χ4v) is 3.84. The Balaban J connectivity index is 1.60. The third-order valence-corrected chi connectivity index (χ3v) is 5.47. The second-order valence-electron chi connectivity index (χ2n) is 6.28. The predicted molar refractivity (Wildman–Crippen MR) is 117 cm³/mol. The number of rotatable bonds is 8. The molecule has 2 N–H and O–H groups in total. The molecule has 0 radical (unpaired) electrons. The Morgan fingerprint density at radius 1 is 1.17 bits per heavy atom. The molecular weight excluding hydrogens is 410 g/mol. The minimum Gasteiger partial charge on any atom is -0.493 e. The van der Waals surface area contributed by atoms with Crippen LogP contribution in [0.5, 0.6) is 11.5 Å². The maximum Gasteiger partial charge on any atom is 0.240 e. The van der Waals surface area contributed by atoms with Crippen LogP contribution in [-0.4, -0.2) is 31.7 Å². The van der Waals surface area contributed by atoms with Gasteiger partial charge < -0.3 is 20.1 Å². The van der Waals surface area contributed by atoms with Crippen LogP contribution >= 0.6 is 22.9 Å². The largest absolute Gasteiger partial charge is 0.493 e. The van der Waals surface area contributed by atoms with E-state index in [1.165, 1.54) is 11.3 Å². The maximum atomic E-state index is 12.3. The minimum atomic E-state index is -0.169.